The van der Waals surface area contributed by atoms with Crippen LogP contribution in [0, 0.1) is 0 Å². The smallest absolute Gasteiger partial charge is 0.408 e. The molecule has 3 N–H and O–H groups in total. The van der Waals surface area contributed by atoms with Crippen molar-refractivity contribution in [3.8, 4) is 5.75 Å². The summed E-state index contributed by atoms with van der Waals surface area (Å²) < 4.78 is 5.29. The van der Waals surface area contributed by atoms with Gasteiger partial charge in [-0.25, -0.2) is 9.59 Å². The van der Waals surface area contributed by atoms with E-state index >= 15 is 0 Å². The van der Waals surface area contributed by atoms with E-state index in [2.05, 4.69) is 5.32 Å². The first kappa shape index (κ1) is 23.2. The minimum absolute atomic E-state index is 0.211. The van der Waals surface area contributed by atoms with Gasteiger partial charge < -0.3 is 14.6 Å². The summed E-state index contributed by atoms with van der Waals surface area (Å²) in [6.45, 7) is 5.46. The number of aromatic hydroxyl groups is 1. The molecule has 0 aliphatic rings. The number of rotatable bonds is 9. The largest absolute Gasteiger partial charge is 0.507 e. The molecular weight excluding hydrogens is 406 g/mol. The maximum Gasteiger partial charge on any atom is 0.408 e. The maximum absolute atomic E-state index is 12.7. The monoisotopic (exact) mass is 431 g/mol. The molecule has 1 atom stereocenters. The van der Waals surface area contributed by atoms with Gasteiger partial charge in [0.2, 0.25) is 0 Å². The molecule has 7 nitrogen and oxygen atoms in total. The Morgan fingerprint density at radius 2 is 2.07 bits per heavy atom. The van der Waals surface area contributed by atoms with E-state index in [1.165, 1.54) is 17.1 Å². The Morgan fingerprint density at radius 1 is 1.33 bits per heavy atom. The first-order valence-corrected chi connectivity index (χ1v) is 10.4. The molecule has 2 aromatic heterocycles. The van der Waals surface area contributed by atoms with Gasteiger partial charge in [-0.05, 0) is 50.0 Å². The first-order chi connectivity index (χ1) is 14.2. The average Bonchev–Trinajstić information content (AvgIpc) is 3.14. The Kier molecular flexibility index (Phi) is 8.17. The van der Waals surface area contributed by atoms with Crippen LogP contribution < -0.4 is 10.9 Å². The normalized spacial score (nSPS) is 12.8. The molecule has 8 heteroatoms. The summed E-state index contributed by atoms with van der Waals surface area (Å²) in [5, 5.41) is 20.9. The van der Waals surface area contributed by atoms with Crippen LogP contribution in [0.1, 0.15) is 65.4 Å². The number of aryl methyl sites for hydroxylation is 1. The second-order valence-electron chi connectivity index (χ2n) is 6.84. The number of hydrogen-bond donors (Lipinski definition) is 3. The summed E-state index contributed by atoms with van der Waals surface area (Å²) in [5.41, 5.74) is -0.922. The number of carbonyl (C=O) groups is 2. The lowest BCUT2D eigenvalue weighted by atomic mass is 10.00. The van der Waals surface area contributed by atoms with Gasteiger partial charge in [-0.15, -0.1) is 11.3 Å². The molecule has 0 saturated heterocycles. The average molecular weight is 432 g/mol. The number of carbonyl (C=O) groups excluding carboxylic acids is 1. The number of hydrogen-bond acceptors (Lipinski definition) is 6. The second kappa shape index (κ2) is 10.6. The van der Waals surface area contributed by atoms with Gasteiger partial charge >= 0.3 is 11.7 Å². The van der Waals surface area contributed by atoms with Crippen LogP contribution in [0.25, 0.3) is 6.08 Å². The molecule has 0 radical (unpaired) electrons. The van der Waals surface area contributed by atoms with E-state index in [0.717, 1.165) is 11.3 Å². The number of nitrogens with one attached hydrogen (secondary N) is 1. The van der Waals surface area contributed by atoms with Crippen molar-refractivity contribution in [2.75, 3.05) is 0 Å². The van der Waals surface area contributed by atoms with Crippen LogP contribution in [0.3, 0.4) is 0 Å². The van der Waals surface area contributed by atoms with Crippen LogP contribution in [-0.4, -0.2) is 22.1 Å². The molecule has 0 aliphatic carbocycles. The molecule has 0 fully saturated rings. The molecular formula is C22H25NO6S. The zero-order chi connectivity index (χ0) is 22.3. The van der Waals surface area contributed by atoms with Crippen LogP contribution in [0.5, 0.6) is 5.75 Å². The van der Waals surface area contributed by atoms with E-state index in [0.29, 0.717) is 18.4 Å². The van der Waals surface area contributed by atoms with Gasteiger partial charge in [-0.2, -0.15) is 0 Å². The number of amides is 1. The molecule has 0 bridgehead atoms. The fraction of sp³-hybridized carbons (Fsp3) is 0.318. The third kappa shape index (κ3) is 6.18. The minimum atomic E-state index is -1.15. The van der Waals surface area contributed by atoms with Gasteiger partial charge in [-0.1, -0.05) is 19.9 Å². The molecule has 30 heavy (non-hydrogen) atoms. The van der Waals surface area contributed by atoms with E-state index in [9.17, 15) is 19.5 Å². The highest BCUT2D eigenvalue weighted by atomic mass is 32.1. The molecule has 2 rings (SSSR count). The van der Waals surface area contributed by atoms with Crippen molar-refractivity contribution >= 4 is 29.3 Å². The Hall–Kier alpha value is -3.13. The predicted octanol–water partition coefficient (Wildman–Crippen LogP) is 4.92. The zero-order valence-corrected chi connectivity index (χ0v) is 17.9. The second-order valence-corrected chi connectivity index (χ2v) is 8.04. The number of allylic oxidation sites excluding steroid dienone is 2. The Bertz CT molecular complexity index is 1030. The van der Waals surface area contributed by atoms with Crippen molar-refractivity contribution in [3.05, 3.63) is 67.5 Å². The third-order valence-corrected chi connectivity index (χ3v) is 5.68. The highest BCUT2D eigenvalue weighted by Gasteiger charge is 2.22. The summed E-state index contributed by atoms with van der Waals surface area (Å²) in [6.07, 6.45) is 5.50. The lowest BCUT2D eigenvalue weighted by Crippen LogP contribution is -2.16. The molecule has 2 aromatic rings. The number of ketones is 1. The van der Waals surface area contributed by atoms with Gasteiger partial charge in [0.05, 0.1) is 0 Å². The zero-order valence-electron chi connectivity index (χ0n) is 17.1. The number of carboxylic acid groups (broad SMARTS) is 1. The van der Waals surface area contributed by atoms with Crippen LogP contribution in [0.2, 0.25) is 0 Å². The summed E-state index contributed by atoms with van der Waals surface area (Å²) in [6, 6.07) is 5.20. The Balaban J connectivity index is 2.15. The van der Waals surface area contributed by atoms with Gasteiger partial charge in [0.15, 0.2) is 5.78 Å². The van der Waals surface area contributed by atoms with Crippen molar-refractivity contribution in [3.63, 3.8) is 0 Å². The fourth-order valence-electron chi connectivity index (χ4n) is 2.79. The lowest BCUT2D eigenvalue weighted by Gasteiger charge is -2.11. The van der Waals surface area contributed by atoms with Gasteiger partial charge in [0.25, 0.3) is 0 Å². The standard InChI is InChI=1S/C22H25NO6S/c1-4-15-8-9-16(30-15)11-14(3)20(25)19-17(24)12-18(29-21(19)26)13(2)7-5-6-10-23-22(27)28/h6,8-13,23-24H,4-5,7H2,1-3H3,(H,27,28). The lowest BCUT2D eigenvalue weighted by molar-refractivity contribution is 0.102. The Labute approximate surface area is 178 Å². The summed E-state index contributed by atoms with van der Waals surface area (Å²) in [4.78, 5) is 37.6. The Morgan fingerprint density at radius 3 is 2.67 bits per heavy atom. The molecule has 0 aromatic carbocycles. The maximum atomic E-state index is 12.7. The topological polar surface area (TPSA) is 117 Å². The van der Waals surface area contributed by atoms with Crippen molar-refractivity contribution < 1.29 is 24.2 Å². The highest BCUT2D eigenvalue weighted by molar-refractivity contribution is 7.12. The predicted molar refractivity (Wildman–Crippen MR) is 116 cm³/mol. The molecule has 0 aliphatic heterocycles. The van der Waals surface area contributed by atoms with Crippen molar-refractivity contribution in [1.82, 2.24) is 5.32 Å². The molecule has 1 amide bonds. The van der Waals surface area contributed by atoms with Crippen molar-refractivity contribution in [1.29, 1.82) is 0 Å². The molecule has 0 saturated carbocycles. The van der Waals surface area contributed by atoms with Crippen LogP contribution in [0.4, 0.5) is 4.79 Å². The third-order valence-electron chi connectivity index (χ3n) is 4.50. The van der Waals surface area contributed by atoms with Gasteiger partial charge in [0.1, 0.15) is 17.1 Å². The van der Waals surface area contributed by atoms with E-state index in [-0.39, 0.29) is 17.2 Å². The summed E-state index contributed by atoms with van der Waals surface area (Å²) >= 11 is 1.57. The molecule has 2 heterocycles. The molecule has 0 spiro atoms. The van der Waals surface area contributed by atoms with Crippen LogP contribution in [-0.2, 0) is 6.42 Å². The van der Waals surface area contributed by atoms with E-state index in [4.69, 9.17) is 9.52 Å². The van der Waals surface area contributed by atoms with Crippen molar-refractivity contribution in [2.24, 2.45) is 0 Å². The van der Waals surface area contributed by atoms with E-state index in [1.54, 1.807) is 30.4 Å². The fourth-order valence-corrected chi connectivity index (χ4v) is 3.75. The number of thiophene rings is 1. The number of Topliss-reactive ketones (excluding diaryl/α,β-unsaturated/α-hetero) is 1. The van der Waals surface area contributed by atoms with Crippen LogP contribution >= 0.6 is 11.3 Å². The minimum Gasteiger partial charge on any atom is -0.507 e. The van der Waals surface area contributed by atoms with Gasteiger partial charge in [0, 0.05) is 27.9 Å². The first-order valence-electron chi connectivity index (χ1n) is 9.56. The van der Waals surface area contributed by atoms with Crippen molar-refractivity contribution in [2.45, 2.75) is 46.0 Å². The molecule has 160 valence electrons. The molecule has 1 unspecified atom stereocenters. The van der Waals surface area contributed by atoms with Crippen LogP contribution in [0.15, 0.2) is 45.3 Å². The SMILES string of the molecule is CCc1ccc(C=C(C)C(=O)c2c(O)cc(C(C)CCC=CNC(=O)O)oc2=O)s1. The highest BCUT2D eigenvalue weighted by Crippen LogP contribution is 2.27. The quantitative estimate of drug-likeness (QED) is 0.383. The van der Waals surface area contributed by atoms with Gasteiger partial charge in [-0.3, -0.25) is 10.1 Å². The summed E-state index contributed by atoms with van der Waals surface area (Å²) in [7, 11) is 0. The van der Waals surface area contributed by atoms with E-state index in [1.807, 2.05) is 26.0 Å². The van der Waals surface area contributed by atoms with E-state index < -0.39 is 23.3 Å². The summed E-state index contributed by atoms with van der Waals surface area (Å²) in [5.74, 6) is -0.928.